The van der Waals surface area contributed by atoms with Crippen LogP contribution in [0.5, 0.6) is 0 Å². The standard InChI is InChI=1S/C60H38N2S/c1-2-12-39(13-3-1)40-22-27-43(28-23-40)61(45-31-33-51-49-16-5-4-14-47(49)48-15-6-7-17-50(48)54(51)37-45)44-29-24-41(25-30-44)42-26-34-58-55(36-42)52-18-8-10-20-57(52)62(58)46-32-35-60-56(38-46)53-19-9-11-21-59(53)63-60/h1-38H. The predicted molar refractivity (Wildman–Crippen MR) is 272 cm³/mol. The summed E-state index contributed by atoms with van der Waals surface area (Å²) >= 11 is 1.86. The molecule has 0 bridgehead atoms. The van der Waals surface area contributed by atoms with Crippen LogP contribution in [-0.2, 0) is 0 Å². The number of fused-ring (bicyclic) bond motifs is 12. The van der Waals surface area contributed by atoms with Crippen molar-refractivity contribution < 1.29 is 0 Å². The third kappa shape index (κ3) is 5.78. The highest BCUT2D eigenvalue weighted by Gasteiger charge is 2.18. The fraction of sp³-hybridized carbons (Fsp3) is 0. The molecular formula is C60H38N2S. The molecule has 13 rings (SSSR count). The molecule has 0 saturated heterocycles. The molecule has 0 atom stereocenters. The highest BCUT2D eigenvalue weighted by Crippen LogP contribution is 2.43. The van der Waals surface area contributed by atoms with Crippen LogP contribution in [0.1, 0.15) is 0 Å². The van der Waals surface area contributed by atoms with Crippen molar-refractivity contribution in [3.05, 3.63) is 231 Å². The van der Waals surface area contributed by atoms with E-state index in [0.717, 1.165) is 17.1 Å². The Hall–Kier alpha value is -7.98. The second-order valence-corrected chi connectivity index (χ2v) is 17.6. The molecule has 3 heteroatoms. The van der Waals surface area contributed by atoms with E-state index in [-0.39, 0.29) is 0 Å². The Labute approximate surface area is 368 Å². The maximum atomic E-state index is 2.43. The average molecular weight is 819 g/mol. The Bertz CT molecular complexity index is 3860. The van der Waals surface area contributed by atoms with Gasteiger partial charge in [0.2, 0.25) is 0 Å². The number of aromatic nitrogens is 1. The van der Waals surface area contributed by atoms with Gasteiger partial charge < -0.3 is 9.47 Å². The molecule has 63 heavy (non-hydrogen) atoms. The summed E-state index contributed by atoms with van der Waals surface area (Å²) in [5.41, 5.74) is 11.7. The molecule has 0 radical (unpaired) electrons. The first-order valence-electron chi connectivity index (χ1n) is 21.6. The number of anilines is 3. The lowest BCUT2D eigenvalue weighted by atomic mass is 9.94. The van der Waals surface area contributed by atoms with Gasteiger partial charge in [0.25, 0.3) is 0 Å². The second-order valence-electron chi connectivity index (χ2n) is 16.5. The van der Waals surface area contributed by atoms with Crippen molar-refractivity contribution >= 4 is 103 Å². The minimum Gasteiger partial charge on any atom is -0.310 e. The van der Waals surface area contributed by atoms with Crippen LogP contribution in [0.25, 0.3) is 102 Å². The van der Waals surface area contributed by atoms with Crippen molar-refractivity contribution in [2.45, 2.75) is 0 Å². The van der Waals surface area contributed by atoms with Gasteiger partial charge in [-0.05, 0) is 133 Å². The Morgan fingerprint density at radius 1 is 0.270 bits per heavy atom. The number of benzene rings is 11. The first-order valence-corrected chi connectivity index (χ1v) is 22.4. The molecule has 11 aromatic carbocycles. The zero-order valence-corrected chi connectivity index (χ0v) is 35.1. The van der Waals surface area contributed by atoms with Crippen molar-refractivity contribution in [1.82, 2.24) is 4.57 Å². The van der Waals surface area contributed by atoms with E-state index < -0.39 is 0 Å². The zero-order chi connectivity index (χ0) is 41.4. The molecule has 13 aromatic rings. The van der Waals surface area contributed by atoms with Crippen LogP contribution in [0.15, 0.2) is 231 Å². The number of nitrogens with zero attached hydrogens (tertiary/aromatic N) is 2. The van der Waals surface area contributed by atoms with Crippen molar-refractivity contribution in [2.75, 3.05) is 4.90 Å². The van der Waals surface area contributed by atoms with Gasteiger partial charge in [-0.15, -0.1) is 11.3 Å². The van der Waals surface area contributed by atoms with Gasteiger partial charge in [-0.25, -0.2) is 0 Å². The molecule has 2 nitrogen and oxygen atoms in total. The summed E-state index contributed by atoms with van der Waals surface area (Å²) in [5.74, 6) is 0. The maximum Gasteiger partial charge on any atom is 0.0541 e. The van der Waals surface area contributed by atoms with E-state index in [9.17, 15) is 0 Å². The van der Waals surface area contributed by atoms with E-state index in [1.54, 1.807) is 0 Å². The Kier molecular flexibility index (Phi) is 8.12. The molecule has 0 aliphatic heterocycles. The highest BCUT2D eigenvalue weighted by molar-refractivity contribution is 7.25. The molecule has 0 N–H and O–H groups in total. The predicted octanol–water partition coefficient (Wildman–Crippen LogP) is 17.4. The maximum absolute atomic E-state index is 2.43. The third-order valence-electron chi connectivity index (χ3n) is 13.0. The number of rotatable bonds is 6. The van der Waals surface area contributed by atoms with Crippen LogP contribution < -0.4 is 4.90 Å². The minimum absolute atomic E-state index is 1.10. The quantitative estimate of drug-likeness (QED) is 0.152. The molecule has 0 spiro atoms. The first kappa shape index (κ1) is 35.7. The summed E-state index contributed by atoms with van der Waals surface area (Å²) < 4.78 is 5.07. The highest BCUT2D eigenvalue weighted by atomic mass is 32.1. The number of hydrogen-bond acceptors (Lipinski definition) is 2. The van der Waals surface area contributed by atoms with Gasteiger partial charge >= 0.3 is 0 Å². The van der Waals surface area contributed by atoms with E-state index >= 15 is 0 Å². The van der Waals surface area contributed by atoms with Crippen LogP contribution in [0.2, 0.25) is 0 Å². The SMILES string of the molecule is c1ccc(-c2ccc(N(c3ccc(-c4ccc5c(c4)c4ccccc4n5-c4ccc5sc6ccccc6c5c4)cc3)c3ccc4c5ccccc5c5ccccc5c4c3)cc2)cc1. The molecule has 0 amide bonds. The van der Waals surface area contributed by atoms with Crippen molar-refractivity contribution in [3.8, 4) is 27.9 Å². The third-order valence-corrected chi connectivity index (χ3v) is 14.1. The van der Waals surface area contributed by atoms with E-state index in [1.165, 1.54) is 102 Å². The summed E-state index contributed by atoms with van der Waals surface area (Å²) in [7, 11) is 0. The van der Waals surface area contributed by atoms with Gasteiger partial charge in [0, 0.05) is 53.7 Å². The molecule has 2 aromatic heterocycles. The molecule has 0 unspecified atom stereocenters. The smallest absolute Gasteiger partial charge is 0.0541 e. The first-order chi connectivity index (χ1) is 31.2. The summed E-state index contributed by atoms with van der Waals surface area (Å²) in [6.07, 6.45) is 0. The summed E-state index contributed by atoms with van der Waals surface area (Å²) in [5, 5.41) is 12.7. The summed E-state index contributed by atoms with van der Waals surface area (Å²) in [4.78, 5) is 2.40. The Balaban J connectivity index is 0.930. The minimum atomic E-state index is 1.10. The van der Waals surface area contributed by atoms with Crippen LogP contribution in [0.3, 0.4) is 0 Å². The van der Waals surface area contributed by atoms with Gasteiger partial charge in [-0.3, -0.25) is 0 Å². The van der Waals surface area contributed by atoms with Crippen LogP contribution in [0.4, 0.5) is 17.1 Å². The van der Waals surface area contributed by atoms with E-state index in [1.807, 2.05) is 11.3 Å². The van der Waals surface area contributed by atoms with Gasteiger partial charge in [0.05, 0.1) is 11.0 Å². The topological polar surface area (TPSA) is 8.17 Å². The lowest BCUT2D eigenvalue weighted by Crippen LogP contribution is -2.10. The van der Waals surface area contributed by atoms with Gasteiger partial charge in [-0.2, -0.15) is 0 Å². The fourth-order valence-corrected chi connectivity index (χ4v) is 11.1. The van der Waals surface area contributed by atoms with Crippen molar-refractivity contribution in [3.63, 3.8) is 0 Å². The molecule has 294 valence electrons. The molecule has 0 aliphatic carbocycles. The fourth-order valence-electron chi connectivity index (χ4n) is 10.0. The largest absolute Gasteiger partial charge is 0.310 e. The van der Waals surface area contributed by atoms with Crippen molar-refractivity contribution in [1.29, 1.82) is 0 Å². The Morgan fingerprint density at radius 2 is 0.762 bits per heavy atom. The lowest BCUT2D eigenvalue weighted by Gasteiger charge is -2.26. The van der Waals surface area contributed by atoms with Crippen molar-refractivity contribution in [2.24, 2.45) is 0 Å². The average Bonchev–Trinajstić information content (AvgIpc) is 3.90. The lowest BCUT2D eigenvalue weighted by molar-refractivity contribution is 1.19. The Morgan fingerprint density at radius 3 is 1.46 bits per heavy atom. The normalized spacial score (nSPS) is 11.8. The van der Waals surface area contributed by atoms with Crippen LogP contribution >= 0.6 is 11.3 Å². The van der Waals surface area contributed by atoms with E-state index in [4.69, 9.17) is 0 Å². The molecule has 0 aliphatic rings. The summed E-state index contributed by atoms with van der Waals surface area (Å²) in [6.45, 7) is 0. The van der Waals surface area contributed by atoms with E-state index in [2.05, 4.69) is 240 Å². The van der Waals surface area contributed by atoms with Crippen LogP contribution in [0, 0.1) is 0 Å². The van der Waals surface area contributed by atoms with Gasteiger partial charge in [0.15, 0.2) is 0 Å². The summed E-state index contributed by atoms with van der Waals surface area (Å²) in [6, 6.07) is 84.7. The second kappa shape index (κ2) is 14.3. The number of para-hydroxylation sites is 1. The number of hydrogen-bond donors (Lipinski definition) is 0. The van der Waals surface area contributed by atoms with Gasteiger partial charge in [0.1, 0.15) is 0 Å². The monoisotopic (exact) mass is 818 g/mol. The molecule has 0 saturated carbocycles. The van der Waals surface area contributed by atoms with Gasteiger partial charge in [-0.1, -0.05) is 152 Å². The molecular weight excluding hydrogens is 781 g/mol. The zero-order valence-electron chi connectivity index (χ0n) is 34.2. The van der Waals surface area contributed by atoms with Crippen LogP contribution in [-0.4, -0.2) is 4.57 Å². The number of thiophene rings is 1. The molecule has 2 heterocycles. The molecule has 0 fully saturated rings. The van der Waals surface area contributed by atoms with E-state index in [0.29, 0.717) is 0 Å².